The van der Waals surface area contributed by atoms with Gasteiger partial charge in [0.1, 0.15) is 0 Å². The average Bonchev–Trinajstić information content (AvgIpc) is 1.60. The zero-order chi connectivity index (χ0) is 6.91. The van der Waals surface area contributed by atoms with Crippen LogP contribution in [0.5, 0.6) is 0 Å². The van der Waals surface area contributed by atoms with Crippen molar-refractivity contribution in [2.24, 2.45) is 0 Å². The fourth-order valence-electron chi connectivity index (χ4n) is 1.48. The summed E-state index contributed by atoms with van der Waals surface area (Å²) < 4.78 is 0. The highest BCUT2D eigenvalue weighted by molar-refractivity contribution is 8.00. The Morgan fingerprint density at radius 3 is 2.44 bits per heavy atom. The van der Waals surface area contributed by atoms with Crippen LogP contribution in [-0.4, -0.2) is 19.1 Å². The highest BCUT2D eigenvalue weighted by atomic mass is 32.2. The van der Waals surface area contributed by atoms with Crippen molar-refractivity contribution in [1.82, 2.24) is 0 Å². The zero-order valence-corrected chi connectivity index (χ0v) is 8.42. The van der Waals surface area contributed by atoms with Crippen LogP contribution in [0, 0.1) is 0 Å². The lowest BCUT2D eigenvalue weighted by molar-refractivity contribution is 1.03. The van der Waals surface area contributed by atoms with Crippen molar-refractivity contribution in [2.45, 2.75) is 37.4 Å². The normalized spacial score (nSPS) is 34.3. The highest BCUT2D eigenvalue weighted by Gasteiger charge is 2.27. The molecule has 1 aliphatic rings. The lowest BCUT2D eigenvalue weighted by Crippen LogP contribution is -2.33. The molecule has 2 heteroatoms. The Morgan fingerprint density at radius 2 is 2.11 bits per heavy atom. The molecule has 0 aliphatic carbocycles. The first kappa shape index (κ1) is 7.67. The highest BCUT2D eigenvalue weighted by Crippen LogP contribution is 2.32. The molecule has 0 aromatic rings. The topological polar surface area (TPSA) is 0 Å². The Bertz CT molecular complexity index is 101. The van der Waals surface area contributed by atoms with Crippen molar-refractivity contribution < 1.29 is 0 Å². The van der Waals surface area contributed by atoms with E-state index in [-0.39, 0.29) is 0 Å². The smallest absolute Gasteiger partial charge is 0.0492 e. The monoisotopic (exact) mass is 160 g/mol. The molecule has 1 atom stereocenters. The van der Waals surface area contributed by atoms with Gasteiger partial charge in [0, 0.05) is 8.07 Å². The molecule has 1 rings (SSSR count). The van der Waals surface area contributed by atoms with Crippen LogP contribution in [0.25, 0.3) is 0 Å². The molecule has 1 fully saturated rings. The van der Waals surface area contributed by atoms with Crippen LogP contribution in [0.15, 0.2) is 0 Å². The van der Waals surface area contributed by atoms with Gasteiger partial charge in [-0.2, -0.15) is 11.8 Å². The second-order valence-corrected chi connectivity index (χ2v) is 10.6. The van der Waals surface area contributed by atoms with Crippen LogP contribution < -0.4 is 0 Å². The molecule has 1 saturated heterocycles. The van der Waals surface area contributed by atoms with Gasteiger partial charge < -0.3 is 0 Å². The standard InChI is InChI=1S/C7H16SSi/c1-7-6-9(2,3)5-4-8-7/h7H,4-6H2,1-3H3. The van der Waals surface area contributed by atoms with Gasteiger partial charge in [-0.1, -0.05) is 20.0 Å². The van der Waals surface area contributed by atoms with Crippen LogP contribution in [0.2, 0.25) is 25.2 Å². The number of hydrogen-bond donors (Lipinski definition) is 0. The minimum absolute atomic E-state index is 0.674. The molecule has 0 amide bonds. The van der Waals surface area contributed by atoms with Crippen molar-refractivity contribution in [2.75, 3.05) is 5.75 Å². The van der Waals surface area contributed by atoms with E-state index in [0.717, 1.165) is 5.25 Å². The molecule has 0 aromatic carbocycles. The fraction of sp³-hybridized carbons (Fsp3) is 1.00. The second kappa shape index (κ2) is 2.66. The summed E-state index contributed by atoms with van der Waals surface area (Å²) in [4.78, 5) is 0. The van der Waals surface area contributed by atoms with Crippen LogP contribution in [0.1, 0.15) is 6.92 Å². The van der Waals surface area contributed by atoms with Crippen LogP contribution in [0.3, 0.4) is 0 Å². The lowest BCUT2D eigenvalue weighted by atomic mass is 10.6. The molecule has 1 heterocycles. The zero-order valence-electron chi connectivity index (χ0n) is 6.61. The molecule has 0 bridgehead atoms. The van der Waals surface area contributed by atoms with Crippen LogP contribution in [0.4, 0.5) is 0 Å². The van der Waals surface area contributed by atoms with Gasteiger partial charge >= 0.3 is 0 Å². The summed E-state index contributed by atoms with van der Waals surface area (Å²) in [6, 6.07) is 3.08. The predicted octanol–water partition coefficient (Wildman–Crippen LogP) is 2.83. The molecule has 0 spiro atoms. The molecular formula is C7H16SSi. The van der Waals surface area contributed by atoms with E-state index >= 15 is 0 Å². The maximum Gasteiger partial charge on any atom is 0.0492 e. The molecule has 0 aromatic heterocycles. The molecule has 0 radical (unpaired) electrons. The van der Waals surface area contributed by atoms with Crippen molar-refractivity contribution in [3.05, 3.63) is 0 Å². The van der Waals surface area contributed by atoms with Gasteiger partial charge in [-0.25, -0.2) is 0 Å². The summed E-state index contributed by atoms with van der Waals surface area (Å²) >= 11 is 2.16. The number of hydrogen-bond acceptors (Lipinski definition) is 1. The van der Waals surface area contributed by atoms with E-state index in [1.54, 1.807) is 6.04 Å². The fourth-order valence-corrected chi connectivity index (χ4v) is 8.15. The van der Waals surface area contributed by atoms with Crippen molar-refractivity contribution >= 4 is 19.8 Å². The van der Waals surface area contributed by atoms with Crippen molar-refractivity contribution in [1.29, 1.82) is 0 Å². The molecule has 1 unspecified atom stereocenters. The number of thioether (sulfide) groups is 1. The van der Waals surface area contributed by atoms with Gasteiger partial charge in [0.15, 0.2) is 0 Å². The Morgan fingerprint density at radius 1 is 1.44 bits per heavy atom. The maximum absolute atomic E-state index is 2.52. The van der Waals surface area contributed by atoms with Gasteiger partial charge in [-0.3, -0.25) is 0 Å². The van der Waals surface area contributed by atoms with Gasteiger partial charge in [0.25, 0.3) is 0 Å². The number of rotatable bonds is 0. The first-order chi connectivity index (χ1) is 4.10. The third-order valence-corrected chi connectivity index (χ3v) is 7.18. The van der Waals surface area contributed by atoms with E-state index in [1.165, 1.54) is 11.8 Å². The van der Waals surface area contributed by atoms with E-state index < -0.39 is 8.07 Å². The van der Waals surface area contributed by atoms with Crippen molar-refractivity contribution in [3.8, 4) is 0 Å². The third kappa shape index (κ3) is 2.34. The largest absolute Gasteiger partial charge is 0.159 e. The summed E-state index contributed by atoms with van der Waals surface area (Å²) in [7, 11) is -0.674. The van der Waals surface area contributed by atoms with Crippen LogP contribution in [-0.2, 0) is 0 Å². The minimum Gasteiger partial charge on any atom is -0.159 e. The third-order valence-electron chi connectivity index (χ3n) is 2.02. The summed E-state index contributed by atoms with van der Waals surface area (Å²) in [5.41, 5.74) is 0. The molecule has 9 heavy (non-hydrogen) atoms. The lowest BCUT2D eigenvalue weighted by Gasteiger charge is -2.31. The van der Waals surface area contributed by atoms with E-state index in [1.807, 2.05) is 0 Å². The molecule has 0 nitrogen and oxygen atoms in total. The van der Waals surface area contributed by atoms with Gasteiger partial charge in [0.2, 0.25) is 0 Å². The summed E-state index contributed by atoms with van der Waals surface area (Å²) in [5, 5.41) is 0.959. The first-order valence-corrected chi connectivity index (χ1v) is 8.18. The summed E-state index contributed by atoms with van der Waals surface area (Å²) in [6.45, 7) is 7.41. The van der Waals surface area contributed by atoms with E-state index in [9.17, 15) is 0 Å². The van der Waals surface area contributed by atoms with Gasteiger partial charge in [-0.15, -0.1) is 0 Å². The Balaban J connectivity index is 2.41. The van der Waals surface area contributed by atoms with E-state index in [2.05, 4.69) is 31.8 Å². The first-order valence-electron chi connectivity index (χ1n) is 3.72. The van der Waals surface area contributed by atoms with Crippen LogP contribution >= 0.6 is 11.8 Å². The average molecular weight is 160 g/mol. The Labute approximate surface area is 63.4 Å². The summed E-state index contributed by atoms with van der Waals surface area (Å²) in [6.07, 6.45) is 0. The molecule has 54 valence electrons. The van der Waals surface area contributed by atoms with E-state index in [4.69, 9.17) is 0 Å². The Hall–Kier alpha value is 0.567. The summed E-state index contributed by atoms with van der Waals surface area (Å²) in [5.74, 6) is 1.43. The molecule has 1 aliphatic heterocycles. The second-order valence-electron chi connectivity index (χ2n) is 3.80. The minimum atomic E-state index is -0.674. The SMILES string of the molecule is CC1C[Si](C)(C)CCS1. The molecular weight excluding hydrogens is 144 g/mol. The van der Waals surface area contributed by atoms with Gasteiger partial charge in [0.05, 0.1) is 0 Å². The van der Waals surface area contributed by atoms with E-state index in [0.29, 0.717) is 0 Å². The van der Waals surface area contributed by atoms with Crippen molar-refractivity contribution in [3.63, 3.8) is 0 Å². The molecule has 0 N–H and O–H groups in total. The Kier molecular flexibility index (Phi) is 2.27. The quantitative estimate of drug-likeness (QED) is 0.491. The molecule has 0 saturated carbocycles. The maximum atomic E-state index is 2.52. The van der Waals surface area contributed by atoms with Gasteiger partial charge in [-0.05, 0) is 23.1 Å². The predicted molar refractivity (Wildman–Crippen MR) is 49.0 cm³/mol.